The van der Waals surface area contributed by atoms with Crippen LogP contribution in [0.1, 0.15) is 61.5 Å². The third-order valence-corrected chi connectivity index (χ3v) is 14.9. The Hall–Kier alpha value is -4.55. The SMILES string of the molecule is CO[C@@H](C)c1ncc(N2CCN(C)CC2)cc1-c1c2c3cc(cc4c3n1CC(F)(F)C4)-c1csc(n1)C[C@H](NC(=O)C1[C@H]3COC[C@@H]13)C(=O)N1CCC[C@H](N1)C(=O)OCC(C)(C)C2. The summed E-state index contributed by atoms with van der Waals surface area (Å²) in [5.41, 5.74) is 8.81. The number of nitrogens with zero attached hydrogens (tertiary/aromatic N) is 6. The Balaban J connectivity index is 1.12. The number of likely N-dealkylation sites (N-methyl/N-ethyl adjacent to an activating group) is 1. The van der Waals surface area contributed by atoms with E-state index in [0.29, 0.717) is 72.2 Å². The topological polar surface area (TPSA) is 143 Å². The minimum atomic E-state index is -3.06. The lowest BCUT2D eigenvalue weighted by atomic mass is 9.84. The lowest BCUT2D eigenvalue weighted by molar-refractivity contribution is -0.155. The van der Waals surface area contributed by atoms with E-state index in [1.54, 1.807) is 11.7 Å². The summed E-state index contributed by atoms with van der Waals surface area (Å²) in [7, 11) is 3.73. The van der Waals surface area contributed by atoms with Crippen molar-refractivity contribution < 1.29 is 37.4 Å². The second kappa shape index (κ2) is 16.2. The molecule has 1 unspecified atom stereocenters. The number of carbonyl (C=O) groups is 3. The lowest BCUT2D eigenvalue weighted by Crippen LogP contribution is -2.60. The van der Waals surface area contributed by atoms with Crippen LogP contribution >= 0.6 is 11.3 Å². The first-order valence-corrected chi connectivity index (χ1v) is 23.1. The van der Waals surface area contributed by atoms with E-state index in [1.807, 2.05) is 38.4 Å². The van der Waals surface area contributed by atoms with E-state index in [4.69, 9.17) is 24.2 Å². The highest BCUT2D eigenvalue weighted by molar-refractivity contribution is 7.10. The third kappa shape index (κ3) is 8.02. The number of fused-ring (bicyclic) bond motifs is 7. The van der Waals surface area contributed by atoms with Crippen molar-refractivity contribution in [3.63, 3.8) is 0 Å². The zero-order valence-electron chi connectivity index (χ0n) is 36.5. The van der Waals surface area contributed by atoms with Gasteiger partial charge in [-0.3, -0.25) is 24.4 Å². The second-order valence-corrected chi connectivity index (χ2v) is 20.3. The molecule has 0 spiro atoms. The van der Waals surface area contributed by atoms with Crippen molar-refractivity contribution in [2.75, 3.05) is 71.6 Å². The third-order valence-electron chi connectivity index (χ3n) is 14.0. The summed E-state index contributed by atoms with van der Waals surface area (Å²) in [4.78, 5) is 56.5. The Morgan fingerprint density at radius 2 is 1.86 bits per heavy atom. The smallest absolute Gasteiger partial charge is 0.324 e. The molecule has 3 saturated heterocycles. The number of ether oxygens (including phenoxy) is 3. The van der Waals surface area contributed by atoms with Crippen LogP contribution in [-0.2, 0) is 54.4 Å². The molecule has 6 aliphatic rings. The van der Waals surface area contributed by atoms with Crippen LogP contribution in [0.5, 0.6) is 0 Å². The summed E-state index contributed by atoms with van der Waals surface area (Å²) < 4.78 is 51.9. The number of thiazole rings is 1. The molecule has 4 fully saturated rings. The molecule has 6 atom stereocenters. The summed E-state index contributed by atoms with van der Waals surface area (Å²) in [6.45, 7) is 10.3. The van der Waals surface area contributed by atoms with Crippen molar-refractivity contribution in [3.05, 3.63) is 51.6 Å². The van der Waals surface area contributed by atoms with Crippen molar-refractivity contribution in [3.8, 4) is 22.5 Å². The van der Waals surface area contributed by atoms with Gasteiger partial charge in [0.2, 0.25) is 5.91 Å². The van der Waals surface area contributed by atoms with Gasteiger partial charge in [0, 0.05) is 85.9 Å². The number of hydrogen-bond acceptors (Lipinski definition) is 12. The van der Waals surface area contributed by atoms with Gasteiger partial charge >= 0.3 is 5.97 Å². The maximum atomic E-state index is 16.3. The molecule has 3 aromatic heterocycles. The fraction of sp³-hybridized carbons (Fsp3) is 0.587. The van der Waals surface area contributed by atoms with Gasteiger partial charge in [0.15, 0.2) is 0 Å². The van der Waals surface area contributed by atoms with Gasteiger partial charge in [0.1, 0.15) is 12.1 Å². The maximum Gasteiger partial charge on any atom is 0.324 e. The van der Waals surface area contributed by atoms with E-state index in [2.05, 4.69) is 39.7 Å². The van der Waals surface area contributed by atoms with E-state index < -0.39 is 48.5 Å². The van der Waals surface area contributed by atoms with Crippen molar-refractivity contribution >= 4 is 45.7 Å². The van der Waals surface area contributed by atoms with Crippen molar-refractivity contribution in [2.45, 2.75) is 83.5 Å². The number of halogens is 2. The average Bonchev–Trinajstić information content (AvgIpc) is 3.58. The number of benzene rings is 1. The number of pyridine rings is 1. The molecule has 17 heteroatoms. The summed E-state index contributed by atoms with van der Waals surface area (Å²) in [6.07, 6.45) is 2.51. The minimum Gasteiger partial charge on any atom is -0.464 e. The molecule has 6 bridgehead atoms. The highest BCUT2D eigenvalue weighted by Crippen LogP contribution is 2.51. The van der Waals surface area contributed by atoms with Crippen LogP contribution < -0.4 is 15.6 Å². The highest BCUT2D eigenvalue weighted by Gasteiger charge is 2.58. The van der Waals surface area contributed by atoms with E-state index in [-0.39, 0.29) is 42.6 Å². The summed E-state index contributed by atoms with van der Waals surface area (Å²) in [5, 5.41) is 7.83. The number of hydrazine groups is 1. The van der Waals surface area contributed by atoms with E-state index in [0.717, 1.165) is 53.9 Å². The molecule has 1 saturated carbocycles. The number of amides is 2. The molecule has 1 aromatic carbocycles. The largest absolute Gasteiger partial charge is 0.464 e. The highest BCUT2D eigenvalue weighted by atomic mass is 32.1. The predicted octanol–water partition coefficient (Wildman–Crippen LogP) is 5.02. The molecule has 63 heavy (non-hydrogen) atoms. The first-order valence-electron chi connectivity index (χ1n) is 22.3. The summed E-state index contributed by atoms with van der Waals surface area (Å²) in [5.74, 6) is -4.00. The van der Waals surface area contributed by atoms with Gasteiger partial charge < -0.3 is 33.9 Å². The van der Waals surface area contributed by atoms with Crippen LogP contribution in [0.4, 0.5) is 14.5 Å². The summed E-state index contributed by atoms with van der Waals surface area (Å²) in [6, 6.07) is 4.24. The van der Waals surface area contributed by atoms with Crippen LogP contribution in [-0.4, -0.2) is 127 Å². The molecule has 5 aliphatic heterocycles. The number of aromatic nitrogens is 3. The fourth-order valence-electron chi connectivity index (χ4n) is 10.5. The van der Waals surface area contributed by atoms with Crippen molar-refractivity contribution in [1.82, 2.24) is 35.2 Å². The normalized spacial score (nSPS) is 27.4. The quantitative estimate of drug-likeness (QED) is 0.252. The lowest BCUT2D eigenvalue weighted by Gasteiger charge is -2.35. The zero-order chi connectivity index (χ0) is 43.9. The molecule has 336 valence electrons. The van der Waals surface area contributed by atoms with Gasteiger partial charge in [-0.25, -0.2) is 19.2 Å². The molecule has 1 aliphatic carbocycles. The number of cyclic esters (lactones) is 1. The average molecular weight is 887 g/mol. The number of carbonyl (C=O) groups excluding carboxylic acids is 3. The predicted molar refractivity (Wildman–Crippen MR) is 233 cm³/mol. The standard InChI is InChI=1S/C46H56F2N8O6S/c1-25(60-5)39-30(15-28(19-49-39)54-11-9-53(4)10-12-54)41-31-18-45(2,3)24-62-44(59)34-7-6-8-56(52-34)43(58)35(51-42(57)38-32-20-61-21-33(32)38)16-37-50-36(22-63-37)26-13-27-17-46(47,48)23-55(41)40(27)29(31)14-26/h13-15,19,22,25,32-35,38,52H,6-12,16-18,20-21,23-24H2,1-5H3,(H,51,57)/t25-,32-,33+,34-,35-,38?/m0/s1. The van der Waals surface area contributed by atoms with E-state index >= 15 is 8.78 Å². The van der Waals surface area contributed by atoms with Gasteiger partial charge in [0.05, 0.1) is 72.0 Å². The molecule has 0 radical (unpaired) electrons. The van der Waals surface area contributed by atoms with E-state index in [9.17, 15) is 14.4 Å². The van der Waals surface area contributed by atoms with Gasteiger partial charge in [0.25, 0.3) is 11.8 Å². The van der Waals surface area contributed by atoms with Crippen molar-refractivity contribution in [1.29, 1.82) is 0 Å². The molecule has 14 nitrogen and oxygen atoms in total. The molecular weight excluding hydrogens is 831 g/mol. The van der Waals surface area contributed by atoms with Crippen LogP contribution in [0.15, 0.2) is 29.8 Å². The number of alkyl halides is 2. The van der Waals surface area contributed by atoms with E-state index in [1.165, 1.54) is 16.3 Å². The van der Waals surface area contributed by atoms with Crippen molar-refractivity contribution in [2.24, 2.45) is 23.2 Å². The van der Waals surface area contributed by atoms with Crippen LogP contribution in [0, 0.1) is 23.2 Å². The Morgan fingerprint density at radius 1 is 1.08 bits per heavy atom. The molecule has 8 heterocycles. The minimum absolute atomic E-state index is 0.0370. The van der Waals surface area contributed by atoms with Gasteiger partial charge in [-0.2, -0.15) is 0 Å². The number of piperazine rings is 1. The van der Waals surface area contributed by atoms with Gasteiger partial charge in [-0.05, 0) is 74.4 Å². The molecule has 10 rings (SSSR count). The van der Waals surface area contributed by atoms with Gasteiger partial charge in [-0.15, -0.1) is 11.3 Å². The van der Waals surface area contributed by atoms with Crippen LogP contribution in [0.3, 0.4) is 0 Å². The number of rotatable bonds is 6. The number of hydrogen-bond donors (Lipinski definition) is 2. The first-order chi connectivity index (χ1) is 30.2. The second-order valence-electron chi connectivity index (χ2n) is 19.3. The van der Waals surface area contributed by atoms with Gasteiger partial charge in [-0.1, -0.05) is 13.8 Å². The Morgan fingerprint density at radius 3 is 2.62 bits per heavy atom. The Kier molecular flexibility index (Phi) is 10.9. The Bertz CT molecular complexity index is 2460. The number of anilines is 1. The van der Waals surface area contributed by atoms with Crippen LogP contribution in [0.25, 0.3) is 33.4 Å². The Labute approximate surface area is 369 Å². The zero-order valence-corrected chi connectivity index (χ0v) is 37.4. The van der Waals surface area contributed by atoms with Crippen LogP contribution in [0.2, 0.25) is 0 Å². The maximum absolute atomic E-state index is 16.3. The first kappa shape index (κ1) is 42.4. The number of methoxy groups -OCH3 is 1. The number of esters is 1. The molecule has 2 amide bonds. The molecule has 4 aromatic rings. The summed E-state index contributed by atoms with van der Waals surface area (Å²) >= 11 is 1.36. The number of nitrogens with one attached hydrogen (secondary N) is 2. The monoisotopic (exact) mass is 886 g/mol. The molecular formula is C46H56F2N8O6S. The molecule has 2 N–H and O–H groups in total. The fourth-order valence-corrected chi connectivity index (χ4v) is 11.3.